The normalized spacial score (nSPS) is 16.3. The van der Waals surface area contributed by atoms with Crippen LogP contribution in [0, 0.1) is 0 Å². The molecule has 3 rings (SSSR count). The van der Waals surface area contributed by atoms with E-state index in [4.69, 9.17) is 0 Å². The zero-order chi connectivity index (χ0) is 17.5. The summed E-state index contributed by atoms with van der Waals surface area (Å²) in [5.41, 5.74) is 1.10. The van der Waals surface area contributed by atoms with Crippen LogP contribution in [-0.2, 0) is 16.4 Å². The summed E-state index contributed by atoms with van der Waals surface area (Å²) in [5.74, 6) is 0. The largest absolute Gasteiger partial charge is 0.300 e. The number of piperidine rings is 1. The van der Waals surface area contributed by atoms with E-state index in [0.29, 0.717) is 5.13 Å². The fourth-order valence-corrected chi connectivity index (χ4v) is 4.63. The van der Waals surface area contributed by atoms with E-state index in [2.05, 4.69) is 26.8 Å². The van der Waals surface area contributed by atoms with Gasteiger partial charge in [0.05, 0.1) is 4.90 Å². The topological polar surface area (TPSA) is 62.3 Å². The van der Waals surface area contributed by atoms with Crippen molar-refractivity contribution in [3.05, 3.63) is 53.6 Å². The standard InChI is InChI=1S/C18H23N3O2S2/c22-25(23,20-18-19-11-15-24-18)17-9-7-16(8-10-17)6-2-5-14-21-12-3-1-4-13-21/h2,5,7-11,15H,1,3-4,6,12-14H2,(H,19,20)/b5-2+. The van der Waals surface area contributed by atoms with Crippen LogP contribution in [0.2, 0.25) is 0 Å². The summed E-state index contributed by atoms with van der Waals surface area (Å²) in [6.07, 6.45) is 10.7. The van der Waals surface area contributed by atoms with E-state index in [1.165, 1.54) is 43.7 Å². The van der Waals surface area contributed by atoms with E-state index in [-0.39, 0.29) is 4.90 Å². The molecule has 1 saturated heterocycles. The van der Waals surface area contributed by atoms with Crippen LogP contribution in [0.15, 0.2) is 52.9 Å². The van der Waals surface area contributed by atoms with Crippen LogP contribution in [0.1, 0.15) is 24.8 Å². The van der Waals surface area contributed by atoms with Crippen LogP contribution in [0.5, 0.6) is 0 Å². The van der Waals surface area contributed by atoms with Gasteiger partial charge >= 0.3 is 0 Å². The number of thiazole rings is 1. The van der Waals surface area contributed by atoms with Crippen molar-refractivity contribution in [1.29, 1.82) is 0 Å². The van der Waals surface area contributed by atoms with Gasteiger partial charge in [-0.1, -0.05) is 30.7 Å². The second kappa shape index (κ2) is 8.60. The van der Waals surface area contributed by atoms with Crippen molar-refractivity contribution >= 4 is 26.5 Å². The molecule has 25 heavy (non-hydrogen) atoms. The Labute approximate surface area is 153 Å². The van der Waals surface area contributed by atoms with E-state index in [1.807, 2.05) is 12.1 Å². The highest BCUT2D eigenvalue weighted by Gasteiger charge is 2.15. The maximum atomic E-state index is 12.3. The zero-order valence-corrected chi connectivity index (χ0v) is 15.7. The summed E-state index contributed by atoms with van der Waals surface area (Å²) in [6.45, 7) is 3.40. The summed E-state index contributed by atoms with van der Waals surface area (Å²) in [5, 5.41) is 2.11. The predicted octanol–water partition coefficient (Wildman–Crippen LogP) is 3.53. The lowest BCUT2D eigenvalue weighted by Crippen LogP contribution is -2.29. The van der Waals surface area contributed by atoms with Crippen LogP contribution >= 0.6 is 11.3 Å². The molecule has 1 aliphatic rings. The van der Waals surface area contributed by atoms with Crippen molar-refractivity contribution in [3.63, 3.8) is 0 Å². The SMILES string of the molecule is O=S(=O)(Nc1nccs1)c1ccc(C/C=C/CN2CCCCC2)cc1. The Morgan fingerprint density at radius 3 is 2.56 bits per heavy atom. The summed E-state index contributed by atoms with van der Waals surface area (Å²) in [6, 6.07) is 7.01. The Bertz CT molecular complexity index is 778. The molecule has 0 bridgehead atoms. The highest BCUT2D eigenvalue weighted by molar-refractivity contribution is 7.93. The quantitative estimate of drug-likeness (QED) is 0.750. The molecule has 0 saturated carbocycles. The second-order valence-corrected chi connectivity index (χ2v) is 8.70. The van der Waals surface area contributed by atoms with Gasteiger partial charge in [-0.2, -0.15) is 0 Å². The number of anilines is 1. The summed E-state index contributed by atoms with van der Waals surface area (Å²) < 4.78 is 27.0. The zero-order valence-electron chi connectivity index (χ0n) is 14.1. The van der Waals surface area contributed by atoms with Crippen LogP contribution in [-0.4, -0.2) is 37.9 Å². The Balaban J connectivity index is 1.53. The average molecular weight is 378 g/mol. The number of nitrogens with one attached hydrogen (secondary N) is 1. The molecule has 1 aliphatic heterocycles. The molecular weight excluding hydrogens is 354 g/mol. The van der Waals surface area contributed by atoms with Crippen LogP contribution in [0.25, 0.3) is 0 Å². The molecule has 0 aliphatic carbocycles. The molecule has 5 nitrogen and oxygen atoms in total. The van der Waals surface area contributed by atoms with Gasteiger partial charge in [0.1, 0.15) is 0 Å². The molecule has 1 N–H and O–H groups in total. The van der Waals surface area contributed by atoms with Crippen molar-refractivity contribution in [2.45, 2.75) is 30.6 Å². The van der Waals surface area contributed by atoms with Gasteiger partial charge in [-0.3, -0.25) is 9.62 Å². The molecule has 0 radical (unpaired) electrons. The van der Waals surface area contributed by atoms with E-state index in [1.54, 1.807) is 23.7 Å². The first-order valence-corrected chi connectivity index (χ1v) is 10.9. The first-order valence-electron chi connectivity index (χ1n) is 8.52. The lowest BCUT2D eigenvalue weighted by atomic mass is 10.1. The van der Waals surface area contributed by atoms with E-state index in [0.717, 1.165) is 18.5 Å². The third kappa shape index (κ3) is 5.39. The highest BCUT2D eigenvalue weighted by atomic mass is 32.2. The number of benzene rings is 1. The van der Waals surface area contributed by atoms with E-state index in [9.17, 15) is 8.42 Å². The minimum absolute atomic E-state index is 0.253. The Morgan fingerprint density at radius 2 is 1.88 bits per heavy atom. The Morgan fingerprint density at radius 1 is 1.12 bits per heavy atom. The van der Waals surface area contributed by atoms with E-state index >= 15 is 0 Å². The lowest BCUT2D eigenvalue weighted by Gasteiger charge is -2.24. The molecule has 1 fully saturated rings. The maximum absolute atomic E-state index is 12.3. The molecule has 2 heterocycles. The predicted molar refractivity (Wildman–Crippen MR) is 102 cm³/mol. The van der Waals surface area contributed by atoms with Gasteiger partial charge in [-0.05, 0) is 50.0 Å². The molecular formula is C18H23N3O2S2. The van der Waals surface area contributed by atoms with Crippen LogP contribution in [0.3, 0.4) is 0 Å². The number of likely N-dealkylation sites (tertiary alicyclic amines) is 1. The number of hydrogen-bond acceptors (Lipinski definition) is 5. The van der Waals surface area contributed by atoms with Gasteiger partial charge in [0.15, 0.2) is 5.13 Å². The van der Waals surface area contributed by atoms with Crippen molar-refractivity contribution in [2.75, 3.05) is 24.4 Å². The van der Waals surface area contributed by atoms with Crippen LogP contribution < -0.4 is 4.72 Å². The molecule has 0 atom stereocenters. The number of nitrogens with zero attached hydrogens (tertiary/aromatic N) is 2. The van der Waals surface area contributed by atoms with Crippen molar-refractivity contribution in [1.82, 2.24) is 9.88 Å². The highest BCUT2D eigenvalue weighted by Crippen LogP contribution is 2.18. The molecule has 1 aromatic heterocycles. The van der Waals surface area contributed by atoms with Gasteiger partial charge in [0, 0.05) is 18.1 Å². The fourth-order valence-electron chi connectivity index (χ4n) is 2.84. The Kier molecular flexibility index (Phi) is 6.23. The first-order chi connectivity index (χ1) is 12.1. The number of rotatable bonds is 7. The fraction of sp³-hybridized carbons (Fsp3) is 0.389. The van der Waals surface area contributed by atoms with E-state index < -0.39 is 10.0 Å². The molecule has 0 unspecified atom stereocenters. The number of aromatic nitrogens is 1. The van der Waals surface area contributed by atoms with Crippen molar-refractivity contribution < 1.29 is 8.42 Å². The smallest absolute Gasteiger partial charge is 0.263 e. The second-order valence-electron chi connectivity index (χ2n) is 6.12. The van der Waals surface area contributed by atoms with Crippen molar-refractivity contribution in [2.24, 2.45) is 0 Å². The number of hydrogen-bond donors (Lipinski definition) is 1. The molecule has 1 aromatic carbocycles. The van der Waals surface area contributed by atoms with Gasteiger partial charge in [-0.15, -0.1) is 11.3 Å². The number of allylic oxidation sites excluding steroid dienone is 1. The summed E-state index contributed by atoms with van der Waals surface area (Å²) in [4.78, 5) is 6.67. The van der Waals surface area contributed by atoms with Gasteiger partial charge in [-0.25, -0.2) is 13.4 Å². The maximum Gasteiger partial charge on any atom is 0.263 e. The molecule has 7 heteroatoms. The Hall–Kier alpha value is -1.70. The van der Waals surface area contributed by atoms with Crippen molar-refractivity contribution in [3.8, 4) is 0 Å². The molecule has 0 spiro atoms. The van der Waals surface area contributed by atoms with Gasteiger partial charge in [0.2, 0.25) is 0 Å². The average Bonchev–Trinajstić information content (AvgIpc) is 3.12. The lowest BCUT2D eigenvalue weighted by molar-refractivity contribution is 0.251. The van der Waals surface area contributed by atoms with Gasteiger partial charge in [0.25, 0.3) is 10.0 Å². The minimum Gasteiger partial charge on any atom is -0.300 e. The first kappa shape index (κ1) is 18.1. The third-order valence-electron chi connectivity index (χ3n) is 4.22. The number of sulfonamides is 1. The molecule has 2 aromatic rings. The molecule has 0 amide bonds. The monoisotopic (exact) mass is 377 g/mol. The van der Waals surface area contributed by atoms with Crippen LogP contribution in [0.4, 0.5) is 5.13 Å². The summed E-state index contributed by atoms with van der Waals surface area (Å²) >= 11 is 1.26. The van der Waals surface area contributed by atoms with Gasteiger partial charge < -0.3 is 0 Å². The summed E-state index contributed by atoms with van der Waals surface area (Å²) in [7, 11) is -3.57. The molecule has 134 valence electrons. The third-order valence-corrected chi connectivity index (χ3v) is 6.39. The minimum atomic E-state index is -3.57.